The predicted molar refractivity (Wildman–Crippen MR) is 217 cm³/mol. The van der Waals surface area contributed by atoms with Gasteiger partial charge < -0.3 is 4.90 Å². The second-order valence-corrected chi connectivity index (χ2v) is 18.7. The van der Waals surface area contributed by atoms with Gasteiger partial charge >= 0.3 is 0 Å². The van der Waals surface area contributed by atoms with Crippen LogP contribution in [0.2, 0.25) is 0 Å². The highest BCUT2D eigenvalue weighted by Gasteiger charge is 2.61. The van der Waals surface area contributed by atoms with E-state index < -0.39 is 0 Å². The zero-order chi connectivity index (χ0) is 32.7. The lowest BCUT2D eigenvalue weighted by atomic mass is 9.60. The molecule has 4 unspecified atom stereocenters. The summed E-state index contributed by atoms with van der Waals surface area (Å²) in [7, 11) is 2.47. The SMILES string of the molecule is C=Cc1ccc(CC2N(C)CC3C4=c5c6c7c8c(cc9cc%10c%11c%12c%13c%14c(cc%15c%16c(c5c5c6c6c8c9c%11c6c%13c5c%16%14)=C(C4)C%15)=CC%12C%10)CC732)cc1. The van der Waals surface area contributed by atoms with Gasteiger partial charge in [0.15, 0.2) is 0 Å². The first-order chi connectivity index (χ1) is 25.6. The molecule has 1 heteroatoms. The Kier molecular flexibility index (Phi) is 3.06. The molecule has 1 spiro atoms. The van der Waals surface area contributed by atoms with Crippen molar-refractivity contribution in [2.24, 2.45) is 5.92 Å². The Balaban J connectivity index is 1.17. The minimum Gasteiger partial charge on any atom is -0.302 e. The van der Waals surface area contributed by atoms with Crippen LogP contribution in [0.1, 0.15) is 51.3 Å². The fourth-order valence-corrected chi connectivity index (χ4v) is 16.1. The van der Waals surface area contributed by atoms with E-state index in [1.165, 1.54) is 29.4 Å². The average molecular weight is 656 g/mol. The molecule has 18 rings (SSSR count). The van der Waals surface area contributed by atoms with Crippen molar-refractivity contribution < 1.29 is 0 Å². The lowest BCUT2D eigenvalue weighted by molar-refractivity contribution is 0.239. The molecular formula is C51H29N. The maximum atomic E-state index is 4.05. The summed E-state index contributed by atoms with van der Waals surface area (Å²) in [4.78, 5) is 2.81. The maximum absolute atomic E-state index is 4.05. The first-order valence-corrected chi connectivity index (χ1v) is 19.9. The number of rotatable bonds is 3. The summed E-state index contributed by atoms with van der Waals surface area (Å²) in [5.74, 6) is 1.05. The van der Waals surface area contributed by atoms with Crippen molar-refractivity contribution in [1.82, 2.24) is 4.90 Å². The molecule has 1 nitrogen and oxygen atoms in total. The van der Waals surface area contributed by atoms with E-state index in [2.05, 4.69) is 67.1 Å². The van der Waals surface area contributed by atoms with Crippen molar-refractivity contribution in [3.63, 3.8) is 0 Å². The highest BCUT2D eigenvalue weighted by atomic mass is 15.2. The van der Waals surface area contributed by atoms with Crippen LogP contribution in [-0.4, -0.2) is 24.5 Å². The van der Waals surface area contributed by atoms with Crippen LogP contribution in [0.4, 0.5) is 0 Å². The van der Waals surface area contributed by atoms with E-state index in [0.29, 0.717) is 17.9 Å². The Hall–Kier alpha value is -5.24. The monoisotopic (exact) mass is 655 g/mol. The molecule has 6 aliphatic carbocycles. The summed E-state index contributed by atoms with van der Waals surface area (Å²) in [6.07, 6.45) is 10.5. The van der Waals surface area contributed by atoms with Crippen LogP contribution in [0.3, 0.4) is 0 Å². The van der Waals surface area contributed by atoms with Crippen molar-refractivity contribution in [1.29, 1.82) is 0 Å². The Labute approximate surface area is 296 Å². The fourth-order valence-electron chi connectivity index (χ4n) is 16.1. The summed E-state index contributed by atoms with van der Waals surface area (Å²) in [6, 6.07) is 17.9. The second kappa shape index (κ2) is 6.61. The van der Waals surface area contributed by atoms with E-state index in [9.17, 15) is 0 Å². The lowest BCUT2D eigenvalue weighted by Gasteiger charge is -2.43. The molecule has 0 saturated carbocycles. The first-order valence-electron chi connectivity index (χ1n) is 19.9. The highest BCUT2D eigenvalue weighted by Crippen LogP contribution is 2.68. The van der Waals surface area contributed by atoms with Crippen molar-refractivity contribution >= 4 is 120 Å². The molecule has 1 fully saturated rings. The molecule has 0 amide bonds. The number of nitrogens with zero attached hydrogens (tertiary/aromatic N) is 1. The van der Waals surface area contributed by atoms with Gasteiger partial charge in [0.25, 0.3) is 0 Å². The molecular weight excluding hydrogens is 627 g/mol. The molecule has 1 saturated heterocycles. The number of fused-ring (bicyclic) bond motifs is 1. The molecule has 238 valence electrons. The van der Waals surface area contributed by atoms with E-state index in [1.54, 1.807) is 141 Å². The van der Waals surface area contributed by atoms with Gasteiger partial charge in [-0.15, -0.1) is 0 Å². The molecule has 0 N–H and O–H groups in total. The van der Waals surface area contributed by atoms with Gasteiger partial charge in [-0.25, -0.2) is 0 Å². The number of likely N-dealkylation sites (N-methyl/N-ethyl adjacent to an activating group) is 1. The Morgan fingerprint density at radius 2 is 1.46 bits per heavy atom. The van der Waals surface area contributed by atoms with E-state index >= 15 is 0 Å². The van der Waals surface area contributed by atoms with E-state index in [0.717, 1.165) is 25.8 Å². The van der Waals surface area contributed by atoms with Crippen LogP contribution in [0.15, 0.2) is 49.0 Å². The smallest absolute Gasteiger partial charge is 0.0243 e. The topological polar surface area (TPSA) is 3.24 Å². The van der Waals surface area contributed by atoms with Gasteiger partial charge in [0.05, 0.1) is 0 Å². The molecule has 0 aromatic heterocycles. The standard InChI is InChI=1S/C51H29N/c1-3-18-4-6-19(7-5-18)8-29-51-16-26-14-24-12-21-9-20-10-23-11-22-13-25-15-27(28(51)17-52(29)2)37-42-33(25)32(22)39-34(23)38-30(20)31(21)40-35(24)41-36(26)50(51)49(37)48-46(41)44(40)43(38)45(39)47(42)48/h3-7,10-12,14,20,28-29H,1,8-9,13,15-17H2,2H3. The van der Waals surface area contributed by atoms with Gasteiger partial charge in [0, 0.05) is 29.8 Å². The first kappa shape index (κ1) is 24.1. The van der Waals surface area contributed by atoms with Crippen LogP contribution >= 0.6 is 0 Å². The largest absolute Gasteiger partial charge is 0.302 e. The molecule has 0 bridgehead atoms. The normalized spacial score (nSPS) is 26.2. The van der Waals surface area contributed by atoms with E-state index in [-0.39, 0.29) is 5.41 Å². The van der Waals surface area contributed by atoms with Crippen LogP contribution in [0.5, 0.6) is 0 Å². The van der Waals surface area contributed by atoms with Crippen LogP contribution in [-0.2, 0) is 31.1 Å². The van der Waals surface area contributed by atoms with Crippen molar-refractivity contribution in [2.45, 2.75) is 49.5 Å². The Bertz CT molecular complexity index is 3890. The van der Waals surface area contributed by atoms with E-state index in [4.69, 9.17) is 0 Å². The molecule has 52 heavy (non-hydrogen) atoms. The van der Waals surface area contributed by atoms with Crippen molar-refractivity contribution in [3.05, 3.63) is 104 Å². The number of hydrogen-bond donors (Lipinski definition) is 0. The number of hydrogen-bond acceptors (Lipinski definition) is 1. The Morgan fingerprint density at radius 3 is 2.33 bits per heavy atom. The quantitative estimate of drug-likeness (QED) is 0.172. The third kappa shape index (κ3) is 1.88. The minimum atomic E-state index is 0.0866. The highest BCUT2D eigenvalue weighted by molar-refractivity contribution is 6.60. The molecule has 11 aromatic rings. The summed E-state index contributed by atoms with van der Waals surface area (Å²) < 4.78 is 0. The summed E-state index contributed by atoms with van der Waals surface area (Å²) in [6.45, 7) is 5.21. The maximum Gasteiger partial charge on any atom is 0.0243 e. The summed E-state index contributed by atoms with van der Waals surface area (Å²) >= 11 is 0. The molecule has 1 heterocycles. The second-order valence-electron chi connectivity index (χ2n) is 18.7. The minimum absolute atomic E-state index is 0.0866. The van der Waals surface area contributed by atoms with Crippen molar-refractivity contribution in [3.8, 4) is 0 Å². The molecule has 0 radical (unpaired) electrons. The Morgan fingerprint density at radius 1 is 0.712 bits per heavy atom. The summed E-state index contributed by atoms with van der Waals surface area (Å²) in [5.41, 5.74) is 14.7. The third-order valence-corrected chi connectivity index (χ3v) is 17.2. The fraction of sp³-hybridized carbons (Fsp3) is 0.216. The van der Waals surface area contributed by atoms with Gasteiger partial charge in [-0.1, -0.05) is 72.3 Å². The lowest BCUT2D eigenvalue weighted by Crippen LogP contribution is -2.48. The zero-order valence-corrected chi connectivity index (χ0v) is 28.8. The molecule has 1 aliphatic heterocycles. The van der Waals surface area contributed by atoms with Crippen LogP contribution in [0.25, 0.3) is 120 Å². The van der Waals surface area contributed by atoms with Crippen LogP contribution in [0, 0.1) is 5.92 Å². The van der Waals surface area contributed by atoms with Gasteiger partial charge in [0.1, 0.15) is 0 Å². The zero-order valence-electron chi connectivity index (χ0n) is 28.8. The van der Waals surface area contributed by atoms with Gasteiger partial charge in [-0.3, -0.25) is 0 Å². The summed E-state index contributed by atoms with van der Waals surface area (Å²) in [5, 5.41) is 34.7. The number of benzene rings is 8. The number of likely N-dealkylation sites (tertiary alicyclic amines) is 1. The van der Waals surface area contributed by atoms with Crippen LogP contribution < -0.4 is 15.7 Å². The third-order valence-electron chi connectivity index (χ3n) is 17.2. The predicted octanol–water partition coefficient (Wildman–Crippen LogP) is 8.73. The van der Waals surface area contributed by atoms with Gasteiger partial charge in [0.2, 0.25) is 0 Å². The molecule has 11 aromatic carbocycles. The van der Waals surface area contributed by atoms with Crippen molar-refractivity contribution in [2.75, 3.05) is 13.6 Å². The van der Waals surface area contributed by atoms with Gasteiger partial charge in [-0.05, 0) is 191 Å². The molecule has 7 aliphatic rings. The molecule has 4 atom stereocenters. The average Bonchev–Trinajstić information content (AvgIpc) is 4.00. The van der Waals surface area contributed by atoms with E-state index in [1.807, 2.05) is 11.6 Å². The van der Waals surface area contributed by atoms with Gasteiger partial charge in [-0.2, -0.15) is 0 Å².